The maximum absolute atomic E-state index is 13.1. The Morgan fingerprint density at radius 1 is 1.26 bits per heavy atom. The highest BCUT2D eigenvalue weighted by molar-refractivity contribution is 9.10. The van der Waals surface area contributed by atoms with Gasteiger partial charge in [-0.3, -0.25) is 4.79 Å². The monoisotopic (exact) mass is 402 g/mol. The number of benzene rings is 1. The van der Waals surface area contributed by atoms with Gasteiger partial charge in [0.25, 0.3) is 0 Å². The number of rotatable bonds is 3. The lowest BCUT2D eigenvalue weighted by molar-refractivity contribution is -0.118. The van der Waals surface area contributed by atoms with Crippen molar-refractivity contribution in [2.24, 2.45) is 0 Å². The van der Waals surface area contributed by atoms with Crippen LogP contribution in [0.1, 0.15) is 18.9 Å². The van der Waals surface area contributed by atoms with Gasteiger partial charge in [0.1, 0.15) is 4.90 Å². The number of carbonyl (C=O) groups is 1. The van der Waals surface area contributed by atoms with E-state index < -0.39 is 10.0 Å². The molecule has 0 bridgehead atoms. The molecule has 1 saturated heterocycles. The van der Waals surface area contributed by atoms with Crippen molar-refractivity contribution in [2.75, 3.05) is 37.7 Å². The molecule has 2 heterocycles. The third-order valence-corrected chi connectivity index (χ3v) is 6.55. The number of carbonyl (C=O) groups excluding carboxylic acids is 1. The maximum Gasteiger partial charge on any atom is 0.245 e. The summed E-state index contributed by atoms with van der Waals surface area (Å²) in [7, 11) is -3.66. The molecule has 0 unspecified atom stereocenters. The van der Waals surface area contributed by atoms with E-state index in [1.54, 1.807) is 17.9 Å². The Hall–Kier alpha value is -0.960. The van der Waals surface area contributed by atoms with Crippen LogP contribution in [0.25, 0.3) is 0 Å². The Kier molecular flexibility index (Phi) is 4.78. The van der Waals surface area contributed by atoms with Gasteiger partial charge in [-0.05, 0) is 24.1 Å². The average molecular weight is 403 g/mol. The Labute approximate surface area is 144 Å². The number of ether oxygens (including phenoxy) is 1. The van der Waals surface area contributed by atoms with Gasteiger partial charge in [-0.15, -0.1) is 0 Å². The lowest BCUT2D eigenvalue weighted by Crippen LogP contribution is -2.41. The van der Waals surface area contributed by atoms with Crippen LogP contribution in [0.4, 0.5) is 5.69 Å². The summed E-state index contributed by atoms with van der Waals surface area (Å²) in [4.78, 5) is 14.0. The minimum absolute atomic E-state index is 0.0514. The Balaban J connectivity index is 2.11. The van der Waals surface area contributed by atoms with Gasteiger partial charge in [0.05, 0.1) is 18.9 Å². The fraction of sp³-hybridized carbons (Fsp3) is 0.533. The third-order valence-electron chi connectivity index (χ3n) is 4.18. The van der Waals surface area contributed by atoms with E-state index in [9.17, 15) is 13.2 Å². The van der Waals surface area contributed by atoms with E-state index in [1.165, 1.54) is 4.31 Å². The molecule has 0 aliphatic carbocycles. The lowest BCUT2D eigenvalue weighted by Gasteiger charge is -2.28. The smallest absolute Gasteiger partial charge is 0.245 e. The van der Waals surface area contributed by atoms with E-state index in [1.807, 2.05) is 6.07 Å². The predicted molar refractivity (Wildman–Crippen MR) is 90.1 cm³/mol. The molecule has 3 rings (SSSR count). The number of hydrogen-bond acceptors (Lipinski definition) is 4. The van der Waals surface area contributed by atoms with Crippen molar-refractivity contribution in [1.29, 1.82) is 0 Å². The van der Waals surface area contributed by atoms with Gasteiger partial charge in [0, 0.05) is 30.5 Å². The largest absolute Gasteiger partial charge is 0.379 e. The van der Waals surface area contributed by atoms with Crippen molar-refractivity contribution in [2.45, 2.75) is 24.7 Å². The summed E-state index contributed by atoms with van der Waals surface area (Å²) in [6.07, 6.45) is 1.03. The molecule has 126 valence electrons. The van der Waals surface area contributed by atoms with E-state index in [0.717, 1.165) is 5.56 Å². The molecule has 0 saturated carbocycles. The molecule has 23 heavy (non-hydrogen) atoms. The highest BCUT2D eigenvalue weighted by Gasteiger charge is 2.35. The lowest BCUT2D eigenvalue weighted by atomic mass is 10.2. The quantitative estimate of drug-likeness (QED) is 0.772. The molecule has 1 fully saturated rings. The van der Waals surface area contributed by atoms with Crippen molar-refractivity contribution in [1.82, 2.24) is 4.31 Å². The predicted octanol–water partition coefficient (Wildman–Crippen LogP) is 1.77. The topological polar surface area (TPSA) is 66.9 Å². The minimum Gasteiger partial charge on any atom is -0.379 e. The molecule has 2 aliphatic heterocycles. The zero-order valence-electron chi connectivity index (χ0n) is 12.9. The SMILES string of the molecule is CCC(=O)N1CCc2cc(Br)cc(S(=O)(=O)N3CCOCC3)c21. The van der Waals surface area contributed by atoms with Crippen molar-refractivity contribution in [3.8, 4) is 0 Å². The van der Waals surface area contributed by atoms with Crippen LogP contribution in [0.15, 0.2) is 21.5 Å². The fourth-order valence-electron chi connectivity index (χ4n) is 3.03. The van der Waals surface area contributed by atoms with E-state index in [0.29, 0.717) is 55.8 Å². The fourth-order valence-corrected chi connectivity index (χ4v) is 5.36. The van der Waals surface area contributed by atoms with Gasteiger partial charge < -0.3 is 9.64 Å². The van der Waals surface area contributed by atoms with Crippen LogP contribution in [-0.4, -0.2) is 51.5 Å². The number of fused-ring (bicyclic) bond motifs is 1. The van der Waals surface area contributed by atoms with E-state index in [2.05, 4.69) is 15.9 Å². The van der Waals surface area contributed by atoms with Crippen LogP contribution < -0.4 is 4.90 Å². The molecule has 0 spiro atoms. The van der Waals surface area contributed by atoms with Gasteiger partial charge >= 0.3 is 0 Å². The summed E-state index contributed by atoms with van der Waals surface area (Å²) in [6.45, 7) is 3.79. The number of amides is 1. The number of anilines is 1. The number of sulfonamides is 1. The van der Waals surface area contributed by atoms with Gasteiger partial charge in [0.15, 0.2) is 0 Å². The van der Waals surface area contributed by atoms with Crippen molar-refractivity contribution >= 4 is 37.5 Å². The normalized spacial score (nSPS) is 19.0. The Morgan fingerprint density at radius 3 is 2.61 bits per heavy atom. The van der Waals surface area contributed by atoms with Gasteiger partial charge in [-0.2, -0.15) is 4.31 Å². The second-order valence-electron chi connectivity index (χ2n) is 5.58. The third kappa shape index (κ3) is 3.05. The molecule has 2 aliphatic rings. The number of nitrogens with zero attached hydrogens (tertiary/aromatic N) is 2. The van der Waals surface area contributed by atoms with Crippen molar-refractivity contribution < 1.29 is 17.9 Å². The molecule has 0 N–H and O–H groups in total. The van der Waals surface area contributed by atoms with Crippen molar-refractivity contribution in [3.05, 3.63) is 22.2 Å². The van der Waals surface area contributed by atoms with Crippen LogP contribution >= 0.6 is 15.9 Å². The molecule has 1 aromatic carbocycles. The minimum atomic E-state index is -3.66. The van der Waals surface area contributed by atoms with Crippen LogP contribution in [0.5, 0.6) is 0 Å². The molecular formula is C15H19BrN2O4S. The summed E-state index contributed by atoms with van der Waals surface area (Å²) in [5.41, 5.74) is 1.44. The molecule has 1 aromatic rings. The number of morpholine rings is 1. The van der Waals surface area contributed by atoms with Crippen LogP contribution in [0, 0.1) is 0 Å². The van der Waals surface area contributed by atoms with Gasteiger partial charge in [0.2, 0.25) is 15.9 Å². The molecule has 1 amide bonds. The molecule has 6 nitrogen and oxygen atoms in total. The summed E-state index contributed by atoms with van der Waals surface area (Å²) in [6, 6.07) is 3.50. The first kappa shape index (κ1) is 16.9. The molecule has 0 radical (unpaired) electrons. The standard InChI is InChI=1S/C15H19BrN2O4S/c1-2-14(19)18-4-3-11-9-12(16)10-13(15(11)18)23(20,21)17-5-7-22-8-6-17/h9-10H,2-8H2,1H3. The first-order chi connectivity index (χ1) is 10.9. The summed E-state index contributed by atoms with van der Waals surface area (Å²) < 4.78 is 33.5. The molecular weight excluding hydrogens is 384 g/mol. The van der Waals surface area contributed by atoms with Crippen molar-refractivity contribution in [3.63, 3.8) is 0 Å². The first-order valence-corrected chi connectivity index (χ1v) is 9.89. The zero-order valence-corrected chi connectivity index (χ0v) is 15.3. The zero-order chi connectivity index (χ0) is 16.6. The Bertz CT molecular complexity index is 729. The van der Waals surface area contributed by atoms with Gasteiger partial charge in [-0.25, -0.2) is 8.42 Å². The summed E-state index contributed by atoms with van der Waals surface area (Å²) >= 11 is 3.40. The maximum atomic E-state index is 13.1. The van der Waals surface area contributed by atoms with E-state index in [4.69, 9.17) is 4.74 Å². The average Bonchev–Trinajstić information content (AvgIpc) is 2.97. The highest BCUT2D eigenvalue weighted by Crippen LogP contribution is 2.39. The van der Waals surface area contributed by atoms with E-state index in [-0.39, 0.29) is 10.8 Å². The summed E-state index contributed by atoms with van der Waals surface area (Å²) in [5.74, 6) is -0.0514. The van der Waals surface area contributed by atoms with E-state index >= 15 is 0 Å². The van der Waals surface area contributed by atoms with Crippen LogP contribution in [0.3, 0.4) is 0 Å². The molecule has 0 atom stereocenters. The number of halogens is 1. The van der Waals surface area contributed by atoms with Crippen LogP contribution in [-0.2, 0) is 26.0 Å². The first-order valence-electron chi connectivity index (χ1n) is 7.66. The second kappa shape index (κ2) is 6.51. The Morgan fingerprint density at radius 2 is 1.96 bits per heavy atom. The number of hydrogen-bond donors (Lipinski definition) is 0. The molecule has 8 heteroatoms. The van der Waals surface area contributed by atoms with Gasteiger partial charge in [-0.1, -0.05) is 22.9 Å². The van der Waals surface area contributed by atoms with Crippen LogP contribution in [0.2, 0.25) is 0 Å². The molecule has 0 aromatic heterocycles. The second-order valence-corrected chi connectivity index (χ2v) is 8.40. The summed E-state index contributed by atoms with van der Waals surface area (Å²) in [5, 5.41) is 0. The highest BCUT2D eigenvalue weighted by atomic mass is 79.9.